The number of hydrogen-bond donors (Lipinski definition) is 1. The highest BCUT2D eigenvalue weighted by atomic mass is 32.2. The monoisotopic (exact) mass is 424 g/mol. The molecule has 0 aliphatic heterocycles. The van der Waals surface area contributed by atoms with Crippen molar-refractivity contribution in [2.45, 2.75) is 13.8 Å². The van der Waals surface area contributed by atoms with Crippen LogP contribution in [0.4, 0.5) is 11.4 Å². The zero-order valence-corrected chi connectivity index (χ0v) is 17.7. The number of nitrogens with one attached hydrogen (secondary N) is 1. The maximum absolute atomic E-state index is 12.5. The maximum Gasteiger partial charge on any atom is 0.255 e. The van der Waals surface area contributed by atoms with Gasteiger partial charge in [0.1, 0.15) is 11.5 Å². The van der Waals surface area contributed by atoms with Crippen molar-refractivity contribution in [1.29, 1.82) is 0 Å². The third-order valence-corrected chi connectivity index (χ3v) is 6.37. The molecule has 0 aliphatic carbocycles. The molecular formula is C23H24N2O4S. The van der Waals surface area contributed by atoms with E-state index in [1.54, 1.807) is 62.4 Å². The molecule has 0 aromatic heterocycles. The third-order valence-electron chi connectivity index (χ3n) is 4.50. The number of hydrogen-bond acceptors (Lipinski definition) is 4. The zero-order chi connectivity index (χ0) is 21.6. The van der Waals surface area contributed by atoms with E-state index in [9.17, 15) is 13.2 Å². The lowest BCUT2D eigenvalue weighted by molar-refractivity contribution is 0.102. The standard InChI is InChI=1S/C23H24N2O4S/c1-3-25(30(27,28)4-2)20-14-10-18(11-15-20)23(26)24-19-12-16-22(17-13-19)29-21-8-6-5-7-9-21/h5-17H,3-4H2,1-2H3,(H,24,26). The van der Waals surface area contributed by atoms with Crippen molar-refractivity contribution in [2.75, 3.05) is 21.9 Å². The van der Waals surface area contributed by atoms with Crippen molar-refractivity contribution >= 4 is 27.3 Å². The normalized spacial score (nSPS) is 11.0. The average molecular weight is 425 g/mol. The smallest absolute Gasteiger partial charge is 0.255 e. The van der Waals surface area contributed by atoms with E-state index in [2.05, 4.69) is 5.32 Å². The van der Waals surface area contributed by atoms with Crippen molar-refractivity contribution in [3.05, 3.63) is 84.4 Å². The van der Waals surface area contributed by atoms with Gasteiger partial charge in [0.2, 0.25) is 10.0 Å². The Morgan fingerprint density at radius 2 is 1.47 bits per heavy atom. The minimum Gasteiger partial charge on any atom is -0.457 e. The van der Waals surface area contributed by atoms with Gasteiger partial charge in [0.15, 0.2) is 0 Å². The van der Waals surface area contributed by atoms with Crippen molar-refractivity contribution in [3.63, 3.8) is 0 Å². The van der Waals surface area contributed by atoms with Crippen LogP contribution in [0.1, 0.15) is 24.2 Å². The Bertz CT molecular complexity index is 1080. The van der Waals surface area contributed by atoms with Crippen LogP contribution >= 0.6 is 0 Å². The molecule has 0 saturated heterocycles. The first-order chi connectivity index (χ1) is 14.4. The van der Waals surface area contributed by atoms with Crippen LogP contribution in [0, 0.1) is 0 Å². The maximum atomic E-state index is 12.5. The molecule has 1 amide bonds. The second-order valence-electron chi connectivity index (χ2n) is 6.51. The highest BCUT2D eigenvalue weighted by Gasteiger charge is 2.19. The van der Waals surface area contributed by atoms with Gasteiger partial charge in [-0.15, -0.1) is 0 Å². The number of para-hydroxylation sites is 1. The second kappa shape index (κ2) is 9.45. The summed E-state index contributed by atoms with van der Waals surface area (Å²) in [6, 6.07) is 23.0. The molecule has 0 unspecified atom stereocenters. The summed E-state index contributed by atoms with van der Waals surface area (Å²) in [5.74, 6) is 1.15. The third kappa shape index (κ3) is 5.18. The number of rotatable bonds is 8. The van der Waals surface area contributed by atoms with Gasteiger partial charge in [0.25, 0.3) is 5.91 Å². The van der Waals surface area contributed by atoms with E-state index in [1.807, 2.05) is 30.3 Å². The Kier molecular flexibility index (Phi) is 6.74. The molecule has 6 nitrogen and oxygen atoms in total. The first-order valence-electron chi connectivity index (χ1n) is 9.67. The second-order valence-corrected chi connectivity index (χ2v) is 8.69. The van der Waals surface area contributed by atoms with Crippen LogP contribution in [0.5, 0.6) is 11.5 Å². The summed E-state index contributed by atoms with van der Waals surface area (Å²) in [5.41, 5.74) is 1.61. The highest BCUT2D eigenvalue weighted by Crippen LogP contribution is 2.23. The van der Waals surface area contributed by atoms with E-state index in [0.29, 0.717) is 29.2 Å². The Morgan fingerprint density at radius 3 is 2.03 bits per heavy atom. The molecule has 3 aromatic rings. The van der Waals surface area contributed by atoms with Gasteiger partial charge < -0.3 is 10.1 Å². The predicted octanol–water partition coefficient (Wildman–Crippen LogP) is 4.91. The topological polar surface area (TPSA) is 75.7 Å². The fourth-order valence-electron chi connectivity index (χ4n) is 2.91. The van der Waals surface area contributed by atoms with Crippen LogP contribution in [-0.4, -0.2) is 26.6 Å². The van der Waals surface area contributed by atoms with Crippen LogP contribution in [0.3, 0.4) is 0 Å². The molecule has 0 aliphatic rings. The molecule has 30 heavy (non-hydrogen) atoms. The van der Waals surface area contributed by atoms with E-state index in [1.165, 1.54) is 4.31 Å². The quantitative estimate of drug-likeness (QED) is 0.558. The molecule has 3 rings (SSSR count). The largest absolute Gasteiger partial charge is 0.457 e. The van der Waals surface area contributed by atoms with Crippen LogP contribution in [0.25, 0.3) is 0 Å². The molecule has 0 saturated carbocycles. The fourth-order valence-corrected chi connectivity index (χ4v) is 4.06. The van der Waals surface area contributed by atoms with Crippen molar-refractivity contribution in [3.8, 4) is 11.5 Å². The lowest BCUT2D eigenvalue weighted by Crippen LogP contribution is -2.32. The summed E-state index contributed by atoms with van der Waals surface area (Å²) in [6.45, 7) is 3.72. The number of ether oxygens (including phenoxy) is 1. The van der Waals surface area contributed by atoms with Crippen LogP contribution < -0.4 is 14.4 Å². The minimum absolute atomic E-state index is 0.0209. The molecular weight excluding hydrogens is 400 g/mol. The van der Waals surface area contributed by atoms with Crippen LogP contribution in [0.2, 0.25) is 0 Å². The average Bonchev–Trinajstić information content (AvgIpc) is 2.76. The number of carbonyl (C=O) groups is 1. The number of carbonyl (C=O) groups excluding carboxylic acids is 1. The first-order valence-corrected chi connectivity index (χ1v) is 11.3. The Morgan fingerprint density at radius 1 is 0.867 bits per heavy atom. The van der Waals surface area contributed by atoms with Crippen molar-refractivity contribution < 1.29 is 17.9 Å². The Labute approximate surface area is 177 Å². The number of nitrogens with zero attached hydrogens (tertiary/aromatic N) is 1. The van der Waals surface area contributed by atoms with Crippen LogP contribution in [0.15, 0.2) is 78.9 Å². The number of benzene rings is 3. The van der Waals surface area contributed by atoms with Gasteiger partial charge >= 0.3 is 0 Å². The van der Waals surface area contributed by atoms with E-state index in [4.69, 9.17) is 4.74 Å². The van der Waals surface area contributed by atoms with Gasteiger partial charge in [0.05, 0.1) is 11.4 Å². The lowest BCUT2D eigenvalue weighted by atomic mass is 10.2. The number of anilines is 2. The molecule has 7 heteroatoms. The Hall–Kier alpha value is -3.32. The van der Waals surface area contributed by atoms with Crippen molar-refractivity contribution in [2.24, 2.45) is 0 Å². The summed E-state index contributed by atoms with van der Waals surface area (Å²) < 4.78 is 31.4. The van der Waals surface area contributed by atoms with Gasteiger partial charge in [-0.2, -0.15) is 0 Å². The summed E-state index contributed by atoms with van der Waals surface area (Å²) in [4.78, 5) is 12.5. The predicted molar refractivity (Wildman–Crippen MR) is 120 cm³/mol. The molecule has 0 heterocycles. The molecule has 3 aromatic carbocycles. The van der Waals surface area contributed by atoms with Gasteiger partial charge in [-0.05, 0) is 74.5 Å². The minimum atomic E-state index is -3.35. The van der Waals surface area contributed by atoms with Crippen LogP contribution in [-0.2, 0) is 10.0 Å². The highest BCUT2D eigenvalue weighted by molar-refractivity contribution is 7.92. The van der Waals surface area contributed by atoms with Gasteiger partial charge in [-0.1, -0.05) is 18.2 Å². The summed E-state index contributed by atoms with van der Waals surface area (Å²) >= 11 is 0. The first kappa shape index (κ1) is 21.4. The van der Waals surface area contributed by atoms with Gasteiger partial charge in [-0.25, -0.2) is 8.42 Å². The van der Waals surface area contributed by atoms with Crippen molar-refractivity contribution in [1.82, 2.24) is 0 Å². The number of sulfonamides is 1. The van der Waals surface area contributed by atoms with E-state index >= 15 is 0 Å². The van der Waals surface area contributed by atoms with Gasteiger partial charge in [0, 0.05) is 17.8 Å². The summed E-state index contributed by atoms with van der Waals surface area (Å²) in [7, 11) is -3.35. The fraction of sp³-hybridized carbons (Fsp3) is 0.174. The van der Waals surface area contributed by atoms with E-state index < -0.39 is 10.0 Å². The molecule has 0 radical (unpaired) electrons. The summed E-state index contributed by atoms with van der Waals surface area (Å²) in [6.07, 6.45) is 0. The molecule has 1 N–H and O–H groups in total. The summed E-state index contributed by atoms with van der Waals surface area (Å²) in [5, 5.41) is 2.83. The lowest BCUT2D eigenvalue weighted by Gasteiger charge is -2.22. The van der Waals surface area contributed by atoms with E-state index in [0.717, 1.165) is 5.75 Å². The molecule has 0 atom stereocenters. The number of amides is 1. The Balaban J connectivity index is 1.66. The van der Waals surface area contributed by atoms with E-state index in [-0.39, 0.29) is 11.7 Å². The molecule has 0 fully saturated rings. The molecule has 0 spiro atoms. The molecule has 0 bridgehead atoms. The van der Waals surface area contributed by atoms with Gasteiger partial charge in [-0.3, -0.25) is 9.10 Å². The SMILES string of the molecule is CCN(c1ccc(C(=O)Nc2ccc(Oc3ccccc3)cc2)cc1)S(=O)(=O)CC. The molecule has 156 valence electrons. The zero-order valence-electron chi connectivity index (χ0n) is 16.9.